The van der Waals surface area contributed by atoms with Gasteiger partial charge in [-0.25, -0.2) is 4.98 Å². The molecular weight excluding hydrogens is 178 g/mol. The van der Waals surface area contributed by atoms with Gasteiger partial charge in [0, 0.05) is 6.07 Å². The van der Waals surface area contributed by atoms with Gasteiger partial charge in [-0.15, -0.1) is 6.42 Å². The van der Waals surface area contributed by atoms with E-state index in [1.54, 1.807) is 0 Å². The number of hydrogen-bond donors (Lipinski definition) is 2. The minimum absolute atomic E-state index is 0.107. The van der Waals surface area contributed by atoms with Gasteiger partial charge in [-0.3, -0.25) is 4.79 Å². The van der Waals surface area contributed by atoms with Gasteiger partial charge in [-0.2, -0.15) is 0 Å². The summed E-state index contributed by atoms with van der Waals surface area (Å²) in [5.41, 5.74) is -0.193. The van der Waals surface area contributed by atoms with Crippen LogP contribution in [0.5, 0.6) is 0 Å². The fraction of sp³-hybridized carbons (Fsp3) is 0.400. The maximum atomic E-state index is 10.9. The van der Waals surface area contributed by atoms with Crippen LogP contribution in [0.25, 0.3) is 0 Å². The second-order valence-electron chi connectivity index (χ2n) is 3.33. The number of hydrogen-bond acceptors (Lipinski definition) is 3. The summed E-state index contributed by atoms with van der Waals surface area (Å²) in [6, 6.07) is 1.27. The Labute approximate surface area is 82.8 Å². The van der Waals surface area contributed by atoms with Gasteiger partial charge in [0.2, 0.25) is 0 Å². The van der Waals surface area contributed by atoms with E-state index < -0.39 is 0 Å². The lowest BCUT2D eigenvalue weighted by molar-refractivity contribution is 0.612. The van der Waals surface area contributed by atoms with E-state index >= 15 is 0 Å². The standard InChI is InChI=1S/C10H13N3O/c1-4-8(7(2)3)13-9-5-10(14)12-6-11-9/h1,5-8H,2-3H3,(H2,11,12,13,14). The first-order valence-corrected chi connectivity index (χ1v) is 4.41. The molecule has 4 nitrogen and oxygen atoms in total. The molecule has 1 heterocycles. The number of terminal acetylenes is 1. The third-order valence-electron chi connectivity index (χ3n) is 1.83. The van der Waals surface area contributed by atoms with E-state index in [2.05, 4.69) is 21.2 Å². The van der Waals surface area contributed by atoms with Gasteiger partial charge in [-0.1, -0.05) is 19.8 Å². The lowest BCUT2D eigenvalue weighted by Crippen LogP contribution is -2.25. The van der Waals surface area contributed by atoms with Crippen molar-refractivity contribution in [3.05, 3.63) is 22.7 Å². The molecule has 0 saturated heterocycles. The zero-order chi connectivity index (χ0) is 10.6. The van der Waals surface area contributed by atoms with Crippen molar-refractivity contribution in [2.75, 3.05) is 5.32 Å². The SMILES string of the molecule is C#CC(Nc1cc(=O)[nH]cn1)C(C)C. The van der Waals surface area contributed by atoms with Crippen LogP contribution in [0.15, 0.2) is 17.2 Å². The Kier molecular flexibility index (Phi) is 3.29. The van der Waals surface area contributed by atoms with Gasteiger partial charge in [-0.05, 0) is 5.92 Å². The summed E-state index contributed by atoms with van der Waals surface area (Å²) in [6.07, 6.45) is 6.68. The van der Waals surface area contributed by atoms with E-state index in [0.29, 0.717) is 11.7 Å². The van der Waals surface area contributed by atoms with Crippen LogP contribution in [0.4, 0.5) is 5.82 Å². The number of nitrogens with one attached hydrogen (secondary N) is 2. The Hall–Kier alpha value is -1.76. The van der Waals surface area contributed by atoms with Crippen LogP contribution in [0, 0.1) is 18.3 Å². The van der Waals surface area contributed by atoms with Crippen molar-refractivity contribution >= 4 is 5.82 Å². The normalized spacial score (nSPS) is 12.1. The molecule has 0 aliphatic heterocycles. The molecule has 0 spiro atoms. The number of anilines is 1. The topological polar surface area (TPSA) is 57.8 Å². The van der Waals surface area contributed by atoms with Crippen LogP contribution >= 0.6 is 0 Å². The highest BCUT2D eigenvalue weighted by Crippen LogP contribution is 2.06. The van der Waals surface area contributed by atoms with Crippen LogP contribution in [0.3, 0.4) is 0 Å². The minimum Gasteiger partial charge on any atom is -0.356 e. The average molecular weight is 191 g/mol. The van der Waals surface area contributed by atoms with E-state index in [9.17, 15) is 4.79 Å². The van der Waals surface area contributed by atoms with Crippen molar-refractivity contribution in [2.24, 2.45) is 5.92 Å². The summed E-state index contributed by atoms with van der Waals surface area (Å²) < 4.78 is 0. The highest BCUT2D eigenvalue weighted by atomic mass is 16.1. The largest absolute Gasteiger partial charge is 0.356 e. The molecule has 1 aromatic heterocycles. The molecule has 14 heavy (non-hydrogen) atoms. The molecule has 1 aromatic rings. The van der Waals surface area contributed by atoms with Crippen LogP contribution in [0.1, 0.15) is 13.8 Å². The van der Waals surface area contributed by atoms with Crippen LogP contribution < -0.4 is 10.9 Å². The average Bonchev–Trinajstić information content (AvgIpc) is 2.14. The molecule has 1 rings (SSSR count). The fourth-order valence-corrected chi connectivity index (χ4v) is 1.01. The van der Waals surface area contributed by atoms with Crippen LogP contribution in [-0.2, 0) is 0 Å². The first-order chi connectivity index (χ1) is 6.63. The van der Waals surface area contributed by atoms with E-state index in [0.717, 1.165) is 0 Å². The van der Waals surface area contributed by atoms with E-state index in [1.807, 2.05) is 13.8 Å². The molecule has 0 amide bonds. The third kappa shape index (κ3) is 2.63. The smallest absolute Gasteiger partial charge is 0.252 e. The van der Waals surface area contributed by atoms with Crippen molar-refractivity contribution in [2.45, 2.75) is 19.9 Å². The van der Waals surface area contributed by atoms with Crippen LogP contribution in [0.2, 0.25) is 0 Å². The monoisotopic (exact) mass is 191 g/mol. The quantitative estimate of drug-likeness (QED) is 0.696. The highest BCUT2D eigenvalue weighted by Gasteiger charge is 2.09. The zero-order valence-electron chi connectivity index (χ0n) is 8.24. The van der Waals surface area contributed by atoms with Gasteiger partial charge < -0.3 is 10.3 Å². The van der Waals surface area contributed by atoms with E-state index in [4.69, 9.17) is 6.42 Å². The first-order valence-electron chi connectivity index (χ1n) is 4.41. The lowest BCUT2D eigenvalue weighted by Gasteiger charge is -2.16. The highest BCUT2D eigenvalue weighted by molar-refractivity contribution is 5.36. The Balaban J connectivity index is 2.78. The van der Waals surface area contributed by atoms with Crippen molar-refractivity contribution in [3.63, 3.8) is 0 Å². The summed E-state index contributed by atoms with van der Waals surface area (Å²) in [7, 11) is 0. The van der Waals surface area contributed by atoms with E-state index in [1.165, 1.54) is 12.4 Å². The molecule has 0 bridgehead atoms. The van der Waals surface area contributed by atoms with Crippen molar-refractivity contribution in [3.8, 4) is 12.3 Å². The lowest BCUT2D eigenvalue weighted by atomic mass is 10.1. The fourth-order valence-electron chi connectivity index (χ4n) is 1.01. The summed E-state index contributed by atoms with van der Waals surface area (Å²) >= 11 is 0. The zero-order valence-corrected chi connectivity index (χ0v) is 8.24. The summed E-state index contributed by atoms with van der Waals surface area (Å²) in [5, 5.41) is 3.00. The second-order valence-corrected chi connectivity index (χ2v) is 3.33. The van der Waals surface area contributed by atoms with Gasteiger partial charge in [0.05, 0.1) is 12.4 Å². The van der Waals surface area contributed by atoms with Crippen molar-refractivity contribution < 1.29 is 0 Å². The number of rotatable bonds is 3. The molecule has 0 aliphatic rings. The summed E-state index contributed by atoms with van der Waals surface area (Å²) in [5.74, 6) is 3.40. The first kappa shape index (κ1) is 10.3. The van der Waals surface area contributed by atoms with Gasteiger partial charge in [0.25, 0.3) is 5.56 Å². The van der Waals surface area contributed by atoms with Gasteiger partial charge in [0.1, 0.15) is 5.82 Å². The second kappa shape index (κ2) is 4.47. The molecule has 0 radical (unpaired) electrons. The Bertz CT molecular complexity index is 389. The Morgan fingerprint density at radius 1 is 1.64 bits per heavy atom. The summed E-state index contributed by atoms with van der Waals surface area (Å²) in [4.78, 5) is 17.3. The Morgan fingerprint density at radius 2 is 2.36 bits per heavy atom. The van der Waals surface area contributed by atoms with E-state index in [-0.39, 0.29) is 11.6 Å². The maximum absolute atomic E-state index is 10.9. The number of aromatic amines is 1. The molecule has 74 valence electrons. The predicted molar refractivity (Wildman–Crippen MR) is 55.9 cm³/mol. The molecule has 2 N–H and O–H groups in total. The Morgan fingerprint density at radius 3 is 2.86 bits per heavy atom. The van der Waals surface area contributed by atoms with Gasteiger partial charge >= 0.3 is 0 Å². The van der Waals surface area contributed by atoms with Crippen LogP contribution in [-0.4, -0.2) is 16.0 Å². The molecule has 0 saturated carbocycles. The molecular formula is C10H13N3O. The predicted octanol–water partition coefficient (Wildman–Crippen LogP) is 0.840. The molecule has 0 fully saturated rings. The van der Waals surface area contributed by atoms with Crippen molar-refractivity contribution in [1.29, 1.82) is 0 Å². The minimum atomic E-state index is -0.193. The maximum Gasteiger partial charge on any atom is 0.252 e. The number of H-pyrrole nitrogens is 1. The molecule has 1 unspecified atom stereocenters. The molecule has 0 aliphatic carbocycles. The molecule has 1 atom stereocenters. The van der Waals surface area contributed by atoms with Crippen molar-refractivity contribution in [1.82, 2.24) is 9.97 Å². The third-order valence-corrected chi connectivity index (χ3v) is 1.83. The molecule has 0 aromatic carbocycles. The summed E-state index contributed by atoms with van der Waals surface area (Å²) in [6.45, 7) is 4.01. The van der Waals surface area contributed by atoms with Gasteiger partial charge in [0.15, 0.2) is 0 Å². The number of aromatic nitrogens is 2. The molecule has 4 heteroatoms. The number of nitrogens with zero attached hydrogens (tertiary/aromatic N) is 1.